The number of aliphatic imine (C=N–C) groups is 1. The van der Waals surface area contributed by atoms with Crippen LogP contribution in [-0.2, 0) is 11.3 Å². The maximum atomic E-state index is 5.35. The summed E-state index contributed by atoms with van der Waals surface area (Å²) >= 11 is 0. The molecule has 0 aliphatic rings. The van der Waals surface area contributed by atoms with Gasteiger partial charge in [0.1, 0.15) is 6.33 Å². The van der Waals surface area contributed by atoms with E-state index in [-0.39, 0.29) is 0 Å². The number of benzene rings is 1. The van der Waals surface area contributed by atoms with Crippen molar-refractivity contribution < 1.29 is 4.74 Å². The van der Waals surface area contributed by atoms with Crippen LogP contribution in [0.1, 0.15) is 32.3 Å². The van der Waals surface area contributed by atoms with Crippen LogP contribution >= 0.6 is 0 Å². The van der Waals surface area contributed by atoms with Crippen LogP contribution in [0.3, 0.4) is 0 Å². The summed E-state index contributed by atoms with van der Waals surface area (Å²) < 4.78 is 5.35. The normalized spacial score (nSPS) is 11.5. The number of ether oxygens (including phenoxy) is 1. The highest BCUT2D eigenvalue weighted by molar-refractivity contribution is 5.79. The molecule has 0 saturated heterocycles. The summed E-state index contributed by atoms with van der Waals surface area (Å²) in [5.74, 6) is 1.61. The second-order valence-electron chi connectivity index (χ2n) is 5.56. The highest BCUT2D eigenvalue weighted by Crippen LogP contribution is 2.15. The van der Waals surface area contributed by atoms with Crippen LogP contribution in [0.15, 0.2) is 35.6 Å². The molecule has 0 saturated carbocycles. The Kier molecular flexibility index (Phi) is 8.48. The van der Waals surface area contributed by atoms with Crippen LogP contribution in [0.4, 0.5) is 0 Å². The number of guanidine groups is 1. The van der Waals surface area contributed by atoms with E-state index in [1.807, 2.05) is 19.1 Å². The van der Waals surface area contributed by atoms with Crippen molar-refractivity contribution >= 4 is 5.96 Å². The van der Waals surface area contributed by atoms with E-state index in [4.69, 9.17) is 4.74 Å². The Balaban J connectivity index is 1.86. The first-order chi connectivity index (χ1) is 12.3. The third kappa shape index (κ3) is 6.93. The third-order valence-electron chi connectivity index (χ3n) is 3.59. The summed E-state index contributed by atoms with van der Waals surface area (Å²) in [5.41, 5.74) is 2.14. The second kappa shape index (κ2) is 11.2. The topological polar surface area (TPSA) is 87.2 Å². The molecular weight excluding hydrogens is 316 g/mol. The first-order valence-electron chi connectivity index (χ1n) is 8.88. The van der Waals surface area contributed by atoms with Crippen LogP contribution in [0.5, 0.6) is 0 Å². The Morgan fingerprint density at radius 2 is 2.16 bits per heavy atom. The first-order valence-corrected chi connectivity index (χ1v) is 8.88. The molecule has 0 spiro atoms. The fraction of sp³-hybridized carbons (Fsp3) is 0.500. The number of rotatable bonds is 10. The molecule has 0 radical (unpaired) electrons. The highest BCUT2D eigenvalue weighted by atomic mass is 16.5. The molecule has 0 bridgehead atoms. The van der Waals surface area contributed by atoms with Crippen molar-refractivity contribution in [2.45, 2.75) is 33.2 Å². The molecule has 7 nitrogen and oxygen atoms in total. The van der Waals surface area contributed by atoms with Gasteiger partial charge in [-0.2, -0.15) is 5.10 Å². The molecule has 0 fully saturated rings. The molecule has 136 valence electrons. The molecule has 0 aliphatic heterocycles. The lowest BCUT2D eigenvalue weighted by molar-refractivity contribution is 0.143. The first kappa shape index (κ1) is 18.9. The minimum absolute atomic E-state index is 0.607. The minimum Gasteiger partial charge on any atom is -0.382 e. The minimum atomic E-state index is 0.607. The van der Waals surface area contributed by atoms with Crippen molar-refractivity contribution in [2.75, 3.05) is 26.3 Å². The van der Waals surface area contributed by atoms with Gasteiger partial charge >= 0.3 is 0 Å². The maximum Gasteiger partial charge on any atom is 0.191 e. The SMILES string of the molecule is CCNC(=NCc1cccc(-c2ncn[nH]2)c1)NCCCCOCC. The largest absolute Gasteiger partial charge is 0.382 e. The zero-order valence-corrected chi connectivity index (χ0v) is 15.1. The van der Waals surface area contributed by atoms with Gasteiger partial charge in [0.05, 0.1) is 6.54 Å². The van der Waals surface area contributed by atoms with Crippen molar-refractivity contribution in [1.29, 1.82) is 0 Å². The van der Waals surface area contributed by atoms with Crippen molar-refractivity contribution in [3.05, 3.63) is 36.2 Å². The number of hydrogen-bond acceptors (Lipinski definition) is 4. The molecule has 1 aromatic carbocycles. The number of hydrogen-bond donors (Lipinski definition) is 3. The molecule has 1 heterocycles. The summed E-state index contributed by atoms with van der Waals surface area (Å²) in [4.78, 5) is 8.84. The summed E-state index contributed by atoms with van der Waals surface area (Å²) in [6, 6.07) is 8.16. The number of aromatic amines is 1. The number of nitrogens with one attached hydrogen (secondary N) is 3. The molecule has 1 aromatic heterocycles. The van der Waals surface area contributed by atoms with E-state index in [9.17, 15) is 0 Å². The fourth-order valence-electron chi connectivity index (χ4n) is 2.35. The number of aromatic nitrogens is 3. The number of nitrogens with zero attached hydrogens (tertiary/aromatic N) is 3. The van der Waals surface area contributed by atoms with Gasteiger partial charge < -0.3 is 15.4 Å². The molecule has 25 heavy (non-hydrogen) atoms. The Morgan fingerprint density at radius 3 is 2.92 bits per heavy atom. The summed E-state index contributed by atoms with van der Waals surface area (Å²) in [5, 5.41) is 13.4. The Bertz CT molecular complexity index is 626. The monoisotopic (exact) mass is 344 g/mol. The van der Waals surface area contributed by atoms with E-state index in [1.165, 1.54) is 6.33 Å². The van der Waals surface area contributed by atoms with Crippen molar-refractivity contribution in [3.8, 4) is 11.4 Å². The van der Waals surface area contributed by atoms with Gasteiger partial charge in [-0.05, 0) is 38.3 Å². The summed E-state index contributed by atoms with van der Waals surface area (Å²) in [7, 11) is 0. The zero-order chi connectivity index (χ0) is 17.7. The van der Waals surface area contributed by atoms with Crippen LogP contribution in [0.25, 0.3) is 11.4 Å². The van der Waals surface area contributed by atoms with E-state index < -0.39 is 0 Å². The van der Waals surface area contributed by atoms with E-state index in [2.05, 4.69) is 49.9 Å². The predicted molar refractivity (Wildman–Crippen MR) is 100 cm³/mol. The zero-order valence-electron chi connectivity index (χ0n) is 15.1. The highest BCUT2D eigenvalue weighted by Gasteiger charge is 2.02. The molecule has 7 heteroatoms. The van der Waals surface area contributed by atoms with Crippen molar-refractivity contribution in [2.24, 2.45) is 4.99 Å². The number of H-pyrrole nitrogens is 1. The van der Waals surface area contributed by atoms with Gasteiger partial charge in [0.25, 0.3) is 0 Å². The lowest BCUT2D eigenvalue weighted by Gasteiger charge is -2.11. The maximum absolute atomic E-state index is 5.35. The number of unbranched alkanes of at least 4 members (excludes halogenated alkanes) is 1. The fourth-order valence-corrected chi connectivity index (χ4v) is 2.35. The van der Waals surface area contributed by atoms with E-state index in [0.29, 0.717) is 6.54 Å². The average Bonchev–Trinajstić information content (AvgIpc) is 3.17. The van der Waals surface area contributed by atoms with Crippen LogP contribution in [0, 0.1) is 0 Å². The smallest absolute Gasteiger partial charge is 0.191 e. The summed E-state index contributed by atoms with van der Waals surface area (Å²) in [6.45, 7) is 8.02. The Labute approximate surface area is 149 Å². The molecule has 0 amide bonds. The quantitative estimate of drug-likeness (QED) is 0.350. The van der Waals surface area contributed by atoms with Gasteiger partial charge in [0, 0.05) is 31.9 Å². The summed E-state index contributed by atoms with van der Waals surface area (Å²) in [6.07, 6.45) is 3.63. The molecular formula is C18H28N6O. The lowest BCUT2D eigenvalue weighted by atomic mass is 10.1. The van der Waals surface area contributed by atoms with Gasteiger partial charge in [-0.1, -0.05) is 18.2 Å². The van der Waals surface area contributed by atoms with Gasteiger partial charge in [-0.25, -0.2) is 9.98 Å². The molecule has 0 unspecified atom stereocenters. The average molecular weight is 344 g/mol. The van der Waals surface area contributed by atoms with Gasteiger partial charge in [-0.3, -0.25) is 5.10 Å². The Morgan fingerprint density at radius 1 is 1.24 bits per heavy atom. The van der Waals surface area contributed by atoms with Gasteiger partial charge in [0.15, 0.2) is 11.8 Å². The molecule has 0 aliphatic carbocycles. The second-order valence-corrected chi connectivity index (χ2v) is 5.56. The van der Waals surface area contributed by atoms with Crippen molar-refractivity contribution in [3.63, 3.8) is 0 Å². The lowest BCUT2D eigenvalue weighted by Crippen LogP contribution is -2.37. The van der Waals surface area contributed by atoms with Crippen LogP contribution in [-0.4, -0.2) is 47.4 Å². The Hall–Kier alpha value is -2.41. The van der Waals surface area contributed by atoms with E-state index in [1.54, 1.807) is 0 Å². The van der Waals surface area contributed by atoms with Gasteiger partial charge in [-0.15, -0.1) is 0 Å². The molecule has 3 N–H and O–H groups in total. The molecule has 0 atom stereocenters. The third-order valence-corrected chi connectivity index (χ3v) is 3.59. The van der Waals surface area contributed by atoms with Crippen molar-refractivity contribution in [1.82, 2.24) is 25.8 Å². The van der Waals surface area contributed by atoms with Gasteiger partial charge in [0.2, 0.25) is 0 Å². The van der Waals surface area contributed by atoms with Crippen LogP contribution < -0.4 is 10.6 Å². The van der Waals surface area contributed by atoms with E-state index >= 15 is 0 Å². The molecule has 2 aromatic rings. The van der Waals surface area contributed by atoms with Crippen LogP contribution in [0.2, 0.25) is 0 Å². The standard InChI is InChI=1S/C18H28N6O/c1-3-19-18(20-10-5-6-11-25-4-2)21-13-15-8-7-9-16(12-15)17-22-14-23-24-17/h7-9,12,14H,3-6,10-11,13H2,1-2H3,(H2,19,20,21)(H,22,23,24). The molecule has 2 rings (SSSR count). The predicted octanol–water partition coefficient (Wildman–Crippen LogP) is 2.34. The van der Waals surface area contributed by atoms with E-state index in [0.717, 1.165) is 62.1 Å².